The van der Waals surface area contributed by atoms with Gasteiger partial charge in [0.05, 0.1) is 29.1 Å². The fourth-order valence-electron chi connectivity index (χ4n) is 5.84. The molecule has 0 radical (unpaired) electrons. The average molecular weight is 569 g/mol. The molecule has 2 fully saturated rings. The number of fused-ring (bicyclic) bond motifs is 2. The van der Waals surface area contributed by atoms with E-state index in [2.05, 4.69) is 10.6 Å². The predicted molar refractivity (Wildman–Crippen MR) is 135 cm³/mol. The molecule has 12 heteroatoms. The third-order valence-corrected chi connectivity index (χ3v) is 8.51. The highest BCUT2D eigenvalue weighted by molar-refractivity contribution is 7.90. The van der Waals surface area contributed by atoms with E-state index in [-0.39, 0.29) is 33.7 Å². The number of methoxy groups -OCH3 is 1. The molecule has 2 aliphatic carbocycles. The highest BCUT2D eigenvalue weighted by atomic mass is 32.2. The SMILES string of the molecule is COc1ccc(S(C)(=O)=O)cc1C(=O)N[C@@H]1C2CCC(C2=C(C)C)[C@@H]1C(=O)Nc1ccc(F)c(C(F)(F)F)c1. The van der Waals surface area contributed by atoms with Gasteiger partial charge in [-0.05, 0) is 69.0 Å². The summed E-state index contributed by atoms with van der Waals surface area (Å²) in [6.07, 6.45) is -2.59. The Balaban J connectivity index is 1.67. The van der Waals surface area contributed by atoms with Crippen molar-refractivity contribution in [1.29, 1.82) is 0 Å². The van der Waals surface area contributed by atoms with Crippen molar-refractivity contribution >= 4 is 27.3 Å². The number of rotatable bonds is 6. The molecule has 2 amide bonds. The van der Waals surface area contributed by atoms with E-state index in [0.717, 1.165) is 23.5 Å². The Morgan fingerprint density at radius 1 is 1.03 bits per heavy atom. The summed E-state index contributed by atoms with van der Waals surface area (Å²) in [6, 6.07) is 5.40. The number of nitrogens with one attached hydrogen (secondary N) is 2. The van der Waals surface area contributed by atoms with Crippen molar-refractivity contribution in [2.24, 2.45) is 17.8 Å². The summed E-state index contributed by atoms with van der Waals surface area (Å²) in [7, 11) is -2.30. The molecule has 2 N–H and O–H groups in total. The van der Waals surface area contributed by atoms with E-state index in [1.54, 1.807) is 0 Å². The molecule has 210 valence electrons. The number of carbonyl (C=O) groups excluding carboxylic acids is 2. The number of hydrogen-bond acceptors (Lipinski definition) is 5. The van der Waals surface area contributed by atoms with Crippen molar-refractivity contribution in [2.75, 3.05) is 18.7 Å². The lowest BCUT2D eigenvalue weighted by atomic mass is 9.83. The summed E-state index contributed by atoms with van der Waals surface area (Å²) in [5, 5.41) is 5.36. The van der Waals surface area contributed by atoms with E-state index >= 15 is 0 Å². The number of halogens is 4. The number of ether oxygens (including phenoxy) is 1. The largest absolute Gasteiger partial charge is 0.496 e. The summed E-state index contributed by atoms with van der Waals surface area (Å²) >= 11 is 0. The van der Waals surface area contributed by atoms with Crippen LogP contribution in [-0.2, 0) is 20.8 Å². The number of hydrogen-bond donors (Lipinski definition) is 2. The maximum Gasteiger partial charge on any atom is 0.419 e. The summed E-state index contributed by atoms with van der Waals surface area (Å²) in [5.41, 5.74) is 0.237. The number of sulfone groups is 1. The van der Waals surface area contributed by atoms with Gasteiger partial charge < -0.3 is 15.4 Å². The Bertz CT molecular complexity index is 1470. The Kier molecular flexibility index (Phi) is 7.54. The number of amides is 2. The second-order valence-corrected chi connectivity index (χ2v) is 12.1. The van der Waals surface area contributed by atoms with Crippen LogP contribution in [0.3, 0.4) is 0 Å². The molecule has 2 bridgehead atoms. The minimum atomic E-state index is -4.94. The quantitative estimate of drug-likeness (QED) is 0.378. The zero-order valence-electron chi connectivity index (χ0n) is 21.6. The van der Waals surface area contributed by atoms with Crippen molar-refractivity contribution < 1.29 is 40.3 Å². The first-order valence-corrected chi connectivity index (χ1v) is 14.1. The van der Waals surface area contributed by atoms with Crippen LogP contribution in [0.5, 0.6) is 5.75 Å². The average Bonchev–Trinajstić information content (AvgIpc) is 3.40. The van der Waals surface area contributed by atoms with E-state index in [9.17, 15) is 35.6 Å². The van der Waals surface area contributed by atoms with E-state index < -0.39 is 51.2 Å². The second-order valence-electron chi connectivity index (χ2n) is 10.1. The number of alkyl halides is 3. The highest BCUT2D eigenvalue weighted by Crippen LogP contribution is 2.54. The topological polar surface area (TPSA) is 102 Å². The summed E-state index contributed by atoms with van der Waals surface area (Å²) < 4.78 is 82.8. The lowest BCUT2D eigenvalue weighted by Gasteiger charge is -2.30. The Morgan fingerprint density at radius 2 is 1.69 bits per heavy atom. The first-order chi connectivity index (χ1) is 18.1. The Labute approximate surface area is 223 Å². The Morgan fingerprint density at radius 3 is 2.28 bits per heavy atom. The first kappa shape index (κ1) is 28.6. The number of allylic oxidation sites excluding steroid dienone is 1. The number of anilines is 1. The molecule has 0 saturated heterocycles. The van der Waals surface area contributed by atoms with Crippen molar-refractivity contribution in [3.8, 4) is 5.75 Å². The maximum absolute atomic E-state index is 13.8. The summed E-state index contributed by atoms with van der Waals surface area (Å²) in [4.78, 5) is 26.8. The standard InChI is InChI=1S/C27H28F4N2O5S/c1-13(2)22-16-7-8-17(22)24(33-25(34)18-12-15(39(4,36)37)6-10-21(18)38-3)23(16)26(35)32-14-5-9-20(28)19(11-14)27(29,30)31/h5-6,9-12,16-17,23-24H,7-8H2,1-4H3,(H,32,35)(H,33,34)/t16?,17?,23-,24+/m0/s1. The van der Waals surface area contributed by atoms with Crippen LogP contribution in [0.1, 0.15) is 42.6 Å². The van der Waals surface area contributed by atoms with Crippen molar-refractivity contribution in [3.63, 3.8) is 0 Å². The molecular formula is C27H28F4N2O5S. The van der Waals surface area contributed by atoms with Gasteiger partial charge in [-0.15, -0.1) is 0 Å². The maximum atomic E-state index is 13.8. The van der Waals surface area contributed by atoms with Crippen molar-refractivity contribution in [3.05, 3.63) is 64.5 Å². The molecule has 0 aliphatic heterocycles. The van der Waals surface area contributed by atoms with Crippen LogP contribution in [0.4, 0.5) is 23.2 Å². The fraction of sp³-hybridized carbons (Fsp3) is 0.407. The first-order valence-electron chi connectivity index (χ1n) is 12.2. The normalized spacial score (nSPS) is 22.5. The smallest absolute Gasteiger partial charge is 0.419 e. The lowest BCUT2D eigenvalue weighted by molar-refractivity contribution is -0.140. The fourth-order valence-corrected chi connectivity index (χ4v) is 6.49. The lowest BCUT2D eigenvalue weighted by Crippen LogP contribution is -2.48. The third kappa shape index (κ3) is 5.52. The number of carbonyl (C=O) groups is 2. The molecule has 2 aromatic rings. The minimum Gasteiger partial charge on any atom is -0.496 e. The molecule has 2 saturated carbocycles. The van der Waals surface area contributed by atoms with Gasteiger partial charge >= 0.3 is 6.18 Å². The van der Waals surface area contributed by atoms with Crippen LogP contribution in [0.25, 0.3) is 0 Å². The molecule has 2 aromatic carbocycles. The van der Waals surface area contributed by atoms with Gasteiger partial charge in [0.1, 0.15) is 11.6 Å². The highest BCUT2D eigenvalue weighted by Gasteiger charge is 2.55. The Hall–Kier alpha value is -3.41. The minimum absolute atomic E-state index is 0.0329. The van der Waals surface area contributed by atoms with Gasteiger partial charge in [0.2, 0.25) is 5.91 Å². The number of benzene rings is 2. The van der Waals surface area contributed by atoms with E-state index in [0.29, 0.717) is 25.0 Å². The molecule has 0 heterocycles. The monoisotopic (exact) mass is 568 g/mol. The van der Waals surface area contributed by atoms with Gasteiger partial charge in [0.25, 0.3) is 5.91 Å². The van der Waals surface area contributed by atoms with Crippen molar-refractivity contribution in [2.45, 2.75) is 43.8 Å². The van der Waals surface area contributed by atoms with Crippen LogP contribution in [-0.4, -0.2) is 39.6 Å². The van der Waals surface area contributed by atoms with Crippen LogP contribution in [0.15, 0.2) is 52.4 Å². The van der Waals surface area contributed by atoms with E-state index in [1.165, 1.54) is 25.3 Å². The molecule has 2 aliphatic rings. The van der Waals surface area contributed by atoms with Gasteiger partial charge in [0.15, 0.2) is 9.84 Å². The summed E-state index contributed by atoms with van der Waals surface area (Å²) in [6.45, 7) is 3.79. The van der Waals surface area contributed by atoms with Crippen LogP contribution < -0.4 is 15.4 Å². The molecule has 2 unspecified atom stereocenters. The van der Waals surface area contributed by atoms with Crippen LogP contribution in [0.2, 0.25) is 0 Å². The van der Waals surface area contributed by atoms with Gasteiger partial charge in [-0.1, -0.05) is 11.1 Å². The van der Waals surface area contributed by atoms with Gasteiger partial charge in [-0.3, -0.25) is 9.59 Å². The zero-order chi connectivity index (χ0) is 28.9. The molecule has 0 spiro atoms. The van der Waals surface area contributed by atoms with Gasteiger partial charge in [0, 0.05) is 23.9 Å². The molecule has 4 rings (SSSR count). The van der Waals surface area contributed by atoms with Gasteiger partial charge in [-0.2, -0.15) is 13.2 Å². The molecular weight excluding hydrogens is 540 g/mol. The molecule has 39 heavy (non-hydrogen) atoms. The van der Waals surface area contributed by atoms with Gasteiger partial charge in [-0.25, -0.2) is 12.8 Å². The second kappa shape index (κ2) is 10.3. The molecule has 0 aromatic heterocycles. The molecule has 4 atom stereocenters. The van der Waals surface area contributed by atoms with Crippen molar-refractivity contribution in [1.82, 2.24) is 5.32 Å². The van der Waals surface area contributed by atoms with Crippen LogP contribution in [0, 0.1) is 23.6 Å². The van der Waals surface area contributed by atoms with E-state index in [4.69, 9.17) is 4.74 Å². The van der Waals surface area contributed by atoms with E-state index in [1.807, 2.05) is 13.8 Å². The predicted octanol–water partition coefficient (Wildman–Crippen LogP) is 4.99. The molecule has 7 nitrogen and oxygen atoms in total. The third-order valence-electron chi connectivity index (χ3n) is 7.40. The van der Waals surface area contributed by atoms with Crippen LogP contribution >= 0.6 is 0 Å². The zero-order valence-corrected chi connectivity index (χ0v) is 22.5. The summed E-state index contributed by atoms with van der Waals surface area (Å²) in [5.74, 6) is -3.84.